The van der Waals surface area contributed by atoms with Gasteiger partial charge in [-0.05, 0) is 13.0 Å². The summed E-state index contributed by atoms with van der Waals surface area (Å²) in [5, 5.41) is 6.43. The van der Waals surface area contributed by atoms with Crippen LogP contribution in [0.1, 0.15) is 6.42 Å². The zero-order valence-electron chi connectivity index (χ0n) is 14.6. The van der Waals surface area contributed by atoms with Crippen LogP contribution in [0.25, 0.3) is 0 Å². The van der Waals surface area contributed by atoms with E-state index in [1.54, 1.807) is 21.2 Å². The summed E-state index contributed by atoms with van der Waals surface area (Å²) in [7, 11) is 5.11. The monoisotopic (exact) mass is 329 g/mol. The molecule has 0 radical (unpaired) electrons. The number of hydrogen-bond donors (Lipinski definition) is 2. The molecule has 0 bridgehead atoms. The summed E-state index contributed by atoms with van der Waals surface area (Å²) in [4.78, 5) is 19.9. The Kier molecular flexibility index (Phi) is 10.3. The summed E-state index contributed by atoms with van der Waals surface area (Å²) in [5.41, 5.74) is 0. The number of nitrogens with zero attached hydrogens (tertiary/aromatic N) is 3. The summed E-state index contributed by atoms with van der Waals surface area (Å²) in [6.45, 7) is 6.90. The third-order valence-corrected chi connectivity index (χ3v) is 3.52. The van der Waals surface area contributed by atoms with Crippen LogP contribution in [0.15, 0.2) is 4.99 Å². The lowest BCUT2D eigenvalue weighted by atomic mass is 10.3. The first-order chi connectivity index (χ1) is 11.1. The summed E-state index contributed by atoms with van der Waals surface area (Å²) in [6.07, 6.45) is 1.02. The molecular weight excluding hydrogens is 298 g/mol. The number of carbonyl (C=O) groups is 1. The van der Waals surface area contributed by atoms with Crippen LogP contribution in [0.4, 0.5) is 0 Å². The number of aliphatic imine (C=N–C) groups is 1. The van der Waals surface area contributed by atoms with Gasteiger partial charge in [-0.2, -0.15) is 0 Å². The van der Waals surface area contributed by atoms with Gasteiger partial charge in [0.05, 0.1) is 19.8 Å². The van der Waals surface area contributed by atoms with Crippen molar-refractivity contribution in [2.45, 2.75) is 6.42 Å². The summed E-state index contributed by atoms with van der Waals surface area (Å²) in [5.74, 6) is 0.630. The van der Waals surface area contributed by atoms with E-state index >= 15 is 0 Å². The number of likely N-dealkylation sites (N-methyl/N-ethyl adjacent to an activating group) is 1. The normalized spacial score (nSPS) is 16.2. The predicted octanol–water partition coefficient (Wildman–Crippen LogP) is -1.02. The molecule has 1 saturated heterocycles. The average molecular weight is 329 g/mol. The van der Waals surface area contributed by atoms with E-state index in [1.165, 1.54) is 4.90 Å². The molecule has 0 spiro atoms. The van der Waals surface area contributed by atoms with Crippen LogP contribution in [-0.4, -0.2) is 102 Å². The van der Waals surface area contributed by atoms with E-state index in [0.29, 0.717) is 19.1 Å². The van der Waals surface area contributed by atoms with E-state index in [9.17, 15) is 4.79 Å². The summed E-state index contributed by atoms with van der Waals surface area (Å²) in [6, 6.07) is 0. The van der Waals surface area contributed by atoms with Gasteiger partial charge in [-0.3, -0.25) is 9.69 Å². The number of amides is 1. The van der Waals surface area contributed by atoms with Crippen LogP contribution >= 0.6 is 0 Å². The van der Waals surface area contributed by atoms with Crippen molar-refractivity contribution in [3.05, 3.63) is 0 Å². The maximum Gasteiger partial charge on any atom is 0.243 e. The Hall–Kier alpha value is -1.38. The standard InChI is InChI=1S/C15H31N5O3/c1-19(2)14(21)13-18-15(17-6-10-22-3)16-5-4-7-20-8-11-23-12-9-20/h4-13H2,1-3H3,(H2,16,17,18). The molecule has 0 aliphatic carbocycles. The van der Waals surface area contributed by atoms with Crippen molar-refractivity contribution in [3.8, 4) is 0 Å². The van der Waals surface area contributed by atoms with Crippen LogP contribution < -0.4 is 10.6 Å². The van der Waals surface area contributed by atoms with Gasteiger partial charge < -0.3 is 25.0 Å². The highest BCUT2D eigenvalue weighted by Gasteiger charge is 2.09. The molecule has 0 unspecified atom stereocenters. The fourth-order valence-corrected chi connectivity index (χ4v) is 2.07. The van der Waals surface area contributed by atoms with Crippen LogP contribution in [0.2, 0.25) is 0 Å². The Balaban J connectivity index is 2.29. The van der Waals surface area contributed by atoms with E-state index in [-0.39, 0.29) is 12.5 Å². The molecule has 8 heteroatoms. The molecule has 23 heavy (non-hydrogen) atoms. The van der Waals surface area contributed by atoms with Crippen molar-refractivity contribution in [2.24, 2.45) is 4.99 Å². The van der Waals surface area contributed by atoms with Gasteiger partial charge in [0.1, 0.15) is 6.54 Å². The number of rotatable bonds is 9. The Morgan fingerprint density at radius 1 is 1.26 bits per heavy atom. The second kappa shape index (κ2) is 12.1. The van der Waals surface area contributed by atoms with E-state index < -0.39 is 0 Å². The molecule has 1 rings (SSSR count). The number of hydrogen-bond acceptors (Lipinski definition) is 5. The molecule has 0 aromatic heterocycles. The van der Waals surface area contributed by atoms with Crippen molar-refractivity contribution >= 4 is 11.9 Å². The Morgan fingerprint density at radius 2 is 1.96 bits per heavy atom. The van der Waals surface area contributed by atoms with Gasteiger partial charge in [0, 0.05) is 47.4 Å². The molecule has 1 heterocycles. The lowest BCUT2D eigenvalue weighted by Crippen LogP contribution is -2.42. The lowest BCUT2D eigenvalue weighted by Gasteiger charge is -2.26. The average Bonchev–Trinajstić information content (AvgIpc) is 2.56. The second-order valence-electron chi connectivity index (χ2n) is 5.61. The van der Waals surface area contributed by atoms with E-state index in [0.717, 1.165) is 45.8 Å². The van der Waals surface area contributed by atoms with Crippen molar-refractivity contribution in [1.82, 2.24) is 20.4 Å². The zero-order valence-corrected chi connectivity index (χ0v) is 14.6. The second-order valence-corrected chi connectivity index (χ2v) is 5.61. The summed E-state index contributed by atoms with van der Waals surface area (Å²) >= 11 is 0. The first-order valence-corrected chi connectivity index (χ1v) is 8.15. The van der Waals surface area contributed by atoms with Crippen LogP contribution in [-0.2, 0) is 14.3 Å². The van der Waals surface area contributed by atoms with Gasteiger partial charge in [-0.25, -0.2) is 4.99 Å². The molecule has 0 aromatic carbocycles. The molecule has 1 aliphatic rings. The highest BCUT2D eigenvalue weighted by atomic mass is 16.5. The molecule has 0 saturated carbocycles. The maximum absolute atomic E-state index is 11.6. The molecule has 0 atom stereocenters. The highest BCUT2D eigenvalue weighted by molar-refractivity contribution is 5.84. The topological polar surface area (TPSA) is 78.4 Å². The predicted molar refractivity (Wildman–Crippen MR) is 90.8 cm³/mol. The van der Waals surface area contributed by atoms with Crippen LogP contribution in [0.3, 0.4) is 0 Å². The lowest BCUT2D eigenvalue weighted by molar-refractivity contribution is -0.127. The molecule has 1 fully saturated rings. The van der Waals surface area contributed by atoms with Crippen molar-refractivity contribution in [1.29, 1.82) is 0 Å². The minimum Gasteiger partial charge on any atom is -0.383 e. The van der Waals surface area contributed by atoms with E-state index in [4.69, 9.17) is 9.47 Å². The van der Waals surface area contributed by atoms with Gasteiger partial charge in [0.2, 0.25) is 5.91 Å². The molecular formula is C15H31N5O3. The summed E-state index contributed by atoms with van der Waals surface area (Å²) < 4.78 is 10.4. The molecule has 1 aliphatic heterocycles. The third-order valence-electron chi connectivity index (χ3n) is 3.52. The van der Waals surface area contributed by atoms with Crippen LogP contribution in [0.5, 0.6) is 0 Å². The number of nitrogens with one attached hydrogen (secondary N) is 2. The largest absolute Gasteiger partial charge is 0.383 e. The van der Waals surface area contributed by atoms with Gasteiger partial charge in [-0.1, -0.05) is 0 Å². The fourth-order valence-electron chi connectivity index (χ4n) is 2.07. The first kappa shape index (κ1) is 19.7. The molecule has 134 valence electrons. The smallest absolute Gasteiger partial charge is 0.243 e. The molecule has 1 amide bonds. The van der Waals surface area contributed by atoms with Crippen molar-refractivity contribution < 1.29 is 14.3 Å². The number of carbonyl (C=O) groups excluding carboxylic acids is 1. The quantitative estimate of drug-likeness (QED) is 0.320. The van der Waals surface area contributed by atoms with Crippen LogP contribution in [0, 0.1) is 0 Å². The van der Waals surface area contributed by atoms with Gasteiger partial charge in [-0.15, -0.1) is 0 Å². The Labute approximate surface area is 139 Å². The fraction of sp³-hybridized carbons (Fsp3) is 0.867. The maximum atomic E-state index is 11.6. The first-order valence-electron chi connectivity index (χ1n) is 8.15. The SMILES string of the molecule is COCCNC(=NCC(=O)N(C)C)NCCCN1CCOCC1. The zero-order chi connectivity index (χ0) is 16.9. The number of morpholine rings is 1. The van der Waals surface area contributed by atoms with E-state index in [1.807, 2.05) is 0 Å². The third kappa shape index (κ3) is 9.37. The minimum absolute atomic E-state index is 0.0221. The van der Waals surface area contributed by atoms with Gasteiger partial charge in [0.25, 0.3) is 0 Å². The number of guanidine groups is 1. The number of methoxy groups -OCH3 is 1. The Morgan fingerprint density at radius 3 is 2.61 bits per heavy atom. The van der Waals surface area contributed by atoms with Gasteiger partial charge in [0.15, 0.2) is 5.96 Å². The van der Waals surface area contributed by atoms with Crippen molar-refractivity contribution in [2.75, 3.05) is 80.3 Å². The minimum atomic E-state index is -0.0221. The van der Waals surface area contributed by atoms with E-state index in [2.05, 4.69) is 20.5 Å². The molecule has 0 aromatic rings. The molecule has 8 nitrogen and oxygen atoms in total. The highest BCUT2D eigenvalue weighted by Crippen LogP contribution is 1.97. The van der Waals surface area contributed by atoms with Crippen molar-refractivity contribution in [3.63, 3.8) is 0 Å². The number of ether oxygens (including phenoxy) is 2. The Bertz CT molecular complexity index is 357. The molecule has 2 N–H and O–H groups in total. The van der Waals surface area contributed by atoms with Gasteiger partial charge >= 0.3 is 0 Å².